The van der Waals surface area contributed by atoms with Crippen LogP contribution in [0.15, 0.2) is 18.2 Å². The zero-order chi connectivity index (χ0) is 11.6. The maximum absolute atomic E-state index is 11.4. The predicted molar refractivity (Wildman–Crippen MR) is 60.0 cm³/mol. The zero-order valence-corrected chi connectivity index (χ0v) is 9.89. The molecule has 82 valence electrons. The summed E-state index contributed by atoms with van der Waals surface area (Å²) in [6.45, 7) is 1.54. The minimum atomic E-state index is -1.27. The molecule has 0 aliphatic carbocycles. The molecule has 0 spiro atoms. The molecule has 1 rings (SSSR count). The number of benzene rings is 1. The van der Waals surface area contributed by atoms with Crippen LogP contribution in [0.1, 0.15) is 12.5 Å². The van der Waals surface area contributed by atoms with Crippen LogP contribution < -0.4 is 5.73 Å². The lowest BCUT2D eigenvalue weighted by Gasteiger charge is -2.23. The highest BCUT2D eigenvalue weighted by atomic mass is 35.5. The smallest absolute Gasteiger partial charge is 0.330 e. The quantitative estimate of drug-likeness (QED) is 0.817. The summed E-state index contributed by atoms with van der Waals surface area (Å²) in [5.74, 6) is -0.549. The molecule has 0 amide bonds. The van der Waals surface area contributed by atoms with Gasteiger partial charge in [0.05, 0.1) is 7.11 Å². The Balaban J connectivity index is 3.21. The number of hydrogen-bond donors (Lipinski definition) is 1. The van der Waals surface area contributed by atoms with Crippen molar-refractivity contribution in [2.45, 2.75) is 12.5 Å². The van der Waals surface area contributed by atoms with E-state index in [2.05, 4.69) is 4.74 Å². The van der Waals surface area contributed by atoms with E-state index in [-0.39, 0.29) is 0 Å². The summed E-state index contributed by atoms with van der Waals surface area (Å²) in [5, 5.41) is 0.835. The lowest BCUT2D eigenvalue weighted by Crippen LogP contribution is -2.42. The summed E-state index contributed by atoms with van der Waals surface area (Å²) in [5.41, 5.74) is 5.06. The van der Waals surface area contributed by atoms with E-state index in [1.807, 2.05) is 0 Å². The Bertz CT molecular complexity index is 391. The molecule has 0 heterocycles. The highest BCUT2D eigenvalue weighted by Gasteiger charge is 2.33. The predicted octanol–water partition coefficient (Wildman–Crippen LogP) is 2.34. The Kier molecular flexibility index (Phi) is 3.60. The molecule has 0 aliphatic heterocycles. The Morgan fingerprint density at radius 1 is 1.47 bits per heavy atom. The Hall–Kier alpha value is -0.770. The molecular weight excluding hydrogens is 237 g/mol. The second-order valence-electron chi connectivity index (χ2n) is 3.32. The van der Waals surface area contributed by atoms with Gasteiger partial charge in [0.15, 0.2) is 0 Å². The number of esters is 1. The first-order chi connectivity index (χ1) is 6.89. The number of carbonyl (C=O) groups is 1. The number of methoxy groups -OCH3 is 1. The van der Waals surface area contributed by atoms with Crippen molar-refractivity contribution in [3.63, 3.8) is 0 Å². The van der Waals surface area contributed by atoms with Crippen molar-refractivity contribution < 1.29 is 9.53 Å². The average Bonchev–Trinajstić information content (AvgIpc) is 2.15. The molecule has 1 aromatic carbocycles. The third-order valence-electron chi connectivity index (χ3n) is 2.10. The van der Waals surface area contributed by atoms with Crippen LogP contribution in [-0.2, 0) is 15.1 Å². The van der Waals surface area contributed by atoms with Crippen molar-refractivity contribution in [3.8, 4) is 0 Å². The topological polar surface area (TPSA) is 52.3 Å². The normalized spacial score (nSPS) is 14.5. The Morgan fingerprint density at radius 3 is 2.53 bits per heavy atom. The van der Waals surface area contributed by atoms with E-state index >= 15 is 0 Å². The van der Waals surface area contributed by atoms with E-state index in [1.54, 1.807) is 12.1 Å². The number of nitrogens with two attached hydrogens (primary N) is 1. The molecule has 0 aliphatic rings. The summed E-state index contributed by atoms with van der Waals surface area (Å²) in [6.07, 6.45) is 0. The van der Waals surface area contributed by atoms with Gasteiger partial charge in [-0.05, 0) is 19.1 Å². The molecule has 1 unspecified atom stereocenters. The third kappa shape index (κ3) is 2.43. The fourth-order valence-corrected chi connectivity index (χ4v) is 1.84. The van der Waals surface area contributed by atoms with Gasteiger partial charge >= 0.3 is 5.97 Å². The van der Waals surface area contributed by atoms with Gasteiger partial charge in [-0.3, -0.25) is 0 Å². The SMILES string of the molecule is COC(=O)C(C)(N)c1ccc(Cl)cc1Cl. The van der Waals surface area contributed by atoms with Crippen LogP contribution in [-0.4, -0.2) is 13.1 Å². The molecule has 0 aromatic heterocycles. The fraction of sp³-hybridized carbons (Fsp3) is 0.300. The average molecular weight is 248 g/mol. The van der Waals surface area contributed by atoms with E-state index in [1.165, 1.54) is 20.1 Å². The first-order valence-corrected chi connectivity index (χ1v) is 4.98. The van der Waals surface area contributed by atoms with Crippen molar-refractivity contribution in [3.05, 3.63) is 33.8 Å². The van der Waals surface area contributed by atoms with E-state index in [0.717, 1.165) is 0 Å². The largest absolute Gasteiger partial charge is 0.467 e. The Morgan fingerprint density at radius 2 is 2.07 bits per heavy atom. The molecule has 1 aromatic rings. The first kappa shape index (κ1) is 12.3. The fourth-order valence-electron chi connectivity index (χ4n) is 1.23. The maximum atomic E-state index is 11.4. The molecule has 0 bridgehead atoms. The van der Waals surface area contributed by atoms with Crippen molar-refractivity contribution in [1.82, 2.24) is 0 Å². The monoisotopic (exact) mass is 247 g/mol. The highest BCUT2D eigenvalue weighted by molar-refractivity contribution is 6.35. The van der Waals surface area contributed by atoms with Crippen LogP contribution in [0, 0.1) is 0 Å². The zero-order valence-electron chi connectivity index (χ0n) is 8.38. The van der Waals surface area contributed by atoms with Gasteiger partial charge in [-0.2, -0.15) is 0 Å². The second-order valence-corrected chi connectivity index (χ2v) is 4.16. The molecule has 5 heteroatoms. The van der Waals surface area contributed by atoms with Gasteiger partial charge < -0.3 is 10.5 Å². The molecule has 0 saturated heterocycles. The van der Waals surface area contributed by atoms with Gasteiger partial charge in [0.25, 0.3) is 0 Å². The first-order valence-electron chi connectivity index (χ1n) is 4.22. The number of hydrogen-bond acceptors (Lipinski definition) is 3. The third-order valence-corrected chi connectivity index (χ3v) is 2.65. The van der Waals surface area contributed by atoms with Crippen LogP contribution in [0.3, 0.4) is 0 Å². The standard InChI is InChI=1S/C10H11Cl2NO2/c1-10(13,9(14)15-2)7-4-3-6(11)5-8(7)12/h3-5H,13H2,1-2H3. The lowest BCUT2D eigenvalue weighted by atomic mass is 9.93. The van der Waals surface area contributed by atoms with Gasteiger partial charge in [0, 0.05) is 15.6 Å². The summed E-state index contributed by atoms with van der Waals surface area (Å²) < 4.78 is 4.60. The van der Waals surface area contributed by atoms with Crippen LogP contribution in [0.4, 0.5) is 0 Å². The van der Waals surface area contributed by atoms with Crippen LogP contribution in [0.5, 0.6) is 0 Å². The molecule has 0 radical (unpaired) electrons. The van der Waals surface area contributed by atoms with E-state index < -0.39 is 11.5 Å². The maximum Gasteiger partial charge on any atom is 0.330 e. The molecule has 0 saturated carbocycles. The van der Waals surface area contributed by atoms with Gasteiger partial charge in [-0.25, -0.2) is 4.79 Å². The summed E-state index contributed by atoms with van der Waals surface area (Å²) in [4.78, 5) is 11.4. The van der Waals surface area contributed by atoms with Gasteiger partial charge in [0.2, 0.25) is 0 Å². The second kappa shape index (κ2) is 4.39. The van der Waals surface area contributed by atoms with Crippen LogP contribution in [0.25, 0.3) is 0 Å². The number of halogens is 2. The van der Waals surface area contributed by atoms with Crippen molar-refractivity contribution in [2.24, 2.45) is 5.73 Å². The summed E-state index contributed by atoms with van der Waals surface area (Å²) in [7, 11) is 1.28. The van der Waals surface area contributed by atoms with E-state index in [9.17, 15) is 4.79 Å². The molecule has 15 heavy (non-hydrogen) atoms. The lowest BCUT2D eigenvalue weighted by molar-refractivity contribution is -0.146. The van der Waals surface area contributed by atoms with Crippen molar-refractivity contribution in [2.75, 3.05) is 7.11 Å². The highest BCUT2D eigenvalue weighted by Crippen LogP contribution is 2.29. The molecule has 1 atom stereocenters. The minimum Gasteiger partial charge on any atom is -0.467 e. The molecule has 2 N–H and O–H groups in total. The Labute approximate surface area is 98.1 Å². The number of rotatable bonds is 2. The van der Waals surface area contributed by atoms with Crippen LogP contribution >= 0.6 is 23.2 Å². The summed E-state index contributed by atoms with van der Waals surface area (Å²) in [6, 6.07) is 4.77. The van der Waals surface area contributed by atoms with Crippen LogP contribution in [0.2, 0.25) is 10.0 Å². The van der Waals surface area contributed by atoms with Crippen molar-refractivity contribution >= 4 is 29.2 Å². The van der Waals surface area contributed by atoms with E-state index in [0.29, 0.717) is 15.6 Å². The van der Waals surface area contributed by atoms with Crippen molar-refractivity contribution in [1.29, 1.82) is 0 Å². The number of ether oxygens (including phenoxy) is 1. The van der Waals surface area contributed by atoms with E-state index in [4.69, 9.17) is 28.9 Å². The summed E-state index contributed by atoms with van der Waals surface area (Å²) >= 11 is 11.7. The minimum absolute atomic E-state index is 0.345. The van der Waals surface area contributed by atoms with Gasteiger partial charge in [-0.1, -0.05) is 29.3 Å². The molecular formula is C10H11Cl2NO2. The van der Waals surface area contributed by atoms with Gasteiger partial charge in [0.1, 0.15) is 5.54 Å². The number of carbonyl (C=O) groups excluding carboxylic acids is 1. The molecule has 3 nitrogen and oxygen atoms in total. The molecule has 0 fully saturated rings. The van der Waals surface area contributed by atoms with Gasteiger partial charge in [-0.15, -0.1) is 0 Å².